The van der Waals surface area contributed by atoms with E-state index in [-0.39, 0.29) is 12.3 Å². The molecule has 12 heavy (non-hydrogen) atoms. The highest BCUT2D eigenvalue weighted by Crippen LogP contribution is 2.03. The van der Waals surface area contributed by atoms with Crippen molar-refractivity contribution in [3.05, 3.63) is 0 Å². The number of hydrogen-bond donors (Lipinski definition) is 0. The molecule has 0 amide bonds. The van der Waals surface area contributed by atoms with Gasteiger partial charge in [-0.2, -0.15) is 0 Å². The van der Waals surface area contributed by atoms with Crippen molar-refractivity contribution in [3.63, 3.8) is 0 Å². The van der Waals surface area contributed by atoms with Crippen LogP contribution in [-0.2, 0) is 14.3 Å². The molecule has 0 saturated heterocycles. The predicted octanol–water partition coefficient (Wildman–Crippen LogP) is 1.96. The molecule has 1 unspecified atom stereocenters. The quantitative estimate of drug-likeness (QED) is 0.472. The van der Waals surface area contributed by atoms with Crippen molar-refractivity contribution in [2.45, 2.75) is 40.4 Å². The van der Waals surface area contributed by atoms with E-state index in [0.29, 0.717) is 18.9 Å². The van der Waals surface area contributed by atoms with Crippen molar-refractivity contribution < 1.29 is 14.3 Å². The minimum Gasteiger partial charge on any atom is -0.436 e. The molecule has 0 spiro atoms. The molecule has 0 aliphatic rings. The van der Waals surface area contributed by atoms with Crippen molar-refractivity contribution in [1.82, 2.24) is 0 Å². The van der Waals surface area contributed by atoms with Crippen molar-refractivity contribution in [2.75, 3.05) is 6.61 Å². The second kappa shape index (κ2) is 6.00. The van der Waals surface area contributed by atoms with E-state index in [2.05, 4.69) is 13.8 Å². The average Bonchev–Trinajstić information content (AvgIpc) is 1.97. The summed E-state index contributed by atoms with van der Waals surface area (Å²) in [5.74, 6) is 0.181. The summed E-state index contributed by atoms with van der Waals surface area (Å²) in [7, 11) is 0. The number of carbonyl (C=O) groups excluding carboxylic acids is 1. The molecular formula is C9H18O3. The molecule has 0 radical (unpaired) electrons. The zero-order valence-corrected chi connectivity index (χ0v) is 8.29. The maximum Gasteiger partial charge on any atom is 0.304 e. The Balaban J connectivity index is 3.60. The Bertz CT molecular complexity index is 132. The molecule has 3 nitrogen and oxygen atoms in total. The first kappa shape index (κ1) is 11.4. The van der Waals surface area contributed by atoms with Gasteiger partial charge in [-0.15, -0.1) is 0 Å². The van der Waals surface area contributed by atoms with Crippen molar-refractivity contribution in [2.24, 2.45) is 5.92 Å². The van der Waals surface area contributed by atoms with Crippen molar-refractivity contribution in [1.29, 1.82) is 0 Å². The van der Waals surface area contributed by atoms with Gasteiger partial charge in [0.1, 0.15) is 0 Å². The summed E-state index contributed by atoms with van der Waals surface area (Å²) in [4.78, 5) is 10.6. The molecule has 0 aliphatic heterocycles. The molecule has 1 atom stereocenters. The van der Waals surface area contributed by atoms with Gasteiger partial charge in [0.25, 0.3) is 0 Å². The highest BCUT2D eigenvalue weighted by Gasteiger charge is 2.09. The molecule has 0 aromatic carbocycles. The van der Waals surface area contributed by atoms with Gasteiger partial charge in [-0.05, 0) is 5.92 Å². The van der Waals surface area contributed by atoms with Crippen LogP contribution in [0.1, 0.15) is 34.1 Å². The molecule has 0 aromatic rings. The van der Waals surface area contributed by atoms with Gasteiger partial charge in [0.2, 0.25) is 6.29 Å². The number of ether oxygens (including phenoxy) is 2. The van der Waals surface area contributed by atoms with Gasteiger partial charge < -0.3 is 9.47 Å². The lowest BCUT2D eigenvalue weighted by atomic mass is 10.2. The Morgan fingerprint density at radius 3 is 2.33 bits per heavy atom. The van der Waals surface area contributed by atoms with E-state index in [4.69, 9.17) is 9.47 Å². The van der Waals surface area contributed by atoms with E-state index in [0.717, 1.165) is 0 Å². The highest BCUT2D eigenvalue weighted by atomic mass is 16.7. The molecule has 0 rings (SSSR count). The van der Waals surface area contributed by atoms with Crippen LogP contribution in [0.5, 0.6) is 0 Å². The third kappa shape index (κ3) is 6.16. The molecule has 0 aliphatic carbocycles. The maximum absolute atomic E-state index is 10.6. The molecular weight excluding hydrogens is 156 g/mol. The number of esters is 1. The lowest BCUT2D eigenvalue weighted by Crippen LogP contribution is -2.21. The second-order valence-corrected chi connectivity index (χ2v) is 3.17. The van der Waals surface area contributed by atoms with E-state index in [9.17, 15) is 4.79 Å². The van der Waals surface area contributed by atoms with Crippen LogP contribution >= 0.6 is 0 Å². The zero-order valence-electron chi connectivity index (χ0n) is 8.29. The highest BCUT2D eigenvalue weighted by molar-refractivity contribution is 5.66. The predicted molar refractivity (Wildman–Crippen MR) is 46.6 cm³/mol. The normalized spacial score (nSPS) is 13.1. The average molecular weight is 174 g/mol. The lowest BCUT2D eigenvalue weighted by molar-refractivity contribution is -0.178. The smallest absolute Gasteiger partial charge is 0.304 e. The Morgan fingerprint density at radius 2 is 2.00 bits per heavy atom. The summed E-state index contributed by atoms with van der Waals surface area (Å²) in [5.41, 5.74) is 0. The van der Waals surface area contributed by atoms with Crippen molar-refractivity contribution in [3.8, 4) is 0 Å². The molecule has 0 fully saturated rings. The maximum atomic E-state index is 10.6. The van der Waals surface area contributed by atoms with Gasteiger partial charge in [0, 0.05) is 13.3 Å². The second-order valence-electron chi connectivity index (χ2n) is 3.17. The summed E-state index contributed by atoms with van der Waals surface area (Å²) >= 11 is 0. The Hall–Kier alpha value is -0.570. The number of hydrogen-bond acceptors (Lipinski definition) is 3. The van der Waals surface area contributed by atoms with Crippen LogP contribution in [0.15, 0.2) is 0 Å². The van der Waals surface area contributed by atoms with Crippen LogP contribution in [0.2, 0.25) is 0 Å². The molecule has 0 heterocycles. The van der Waals surface area contributed by atoms with Crippen molar-refractivity contribution >= 4 is 5.97 Å². The van der Waals surface area contributed by atoms with Crippen LogP contribution in [0.3, 0.4) is 0 Å². The summed E-state index contributed by atoms with van der Waals surface area (Å²) < 4.78 is 10.2. The lowest BCUT2D eigenvalue weighted by Gasteiger charge is -2.16. The SMILES string of the molecule is CCC(OCC(C)C)OC(C)=O. The summed E-state index contributed by atoms with van der Waals surface area (Å²) in [6.07, 6.45) is 0.330. The van der Waals surface area contributed by atoms with E-state index in [1.54, 1.807) is 0 Å². The number of rotatable bonds is 5. The molecule has 0 saturated carbocycles. The largest absolute Gasteiger partial charge is 0.436 e. The fourth-order valence-electron chi connectivity index (χ4n) is 0.720. The topological polar surface area (TPSA) is 35.5 Å². The van der Waals surface area contributed by atoms with E-state index < -0.39 is 0 Å². The molecule has 0 bridgehead atoms. The van der Waals surface area contributed by atoms with Crippen LogP contribution < -0.4 is 0 Å². The first-order chi connectivity index (χ1) is 5.56. The van der Waals surface area contributed by atoms with Gasteiger partial charge in [-0.1, -0.05) is 20.8 Å². The summed E-state index contributed by atoms with van der Waals surface area (Å²) in [6, 6.07) is 0. The third-order valence-corrected chi connectivity index (χ3v) is 1.25. The molecule has 72 valence electrons. The Morgan fingerprint density at radius 1 is 1.42 bits per heavy atom. The first-order valence-corrected chi connectivity index (χ1v) is 4.35. The first-order valence-electron chi connectivity index (χ1n) is 4.35. The van der Waals surface area contributed by atoms with Gasteiger partial charge >= 0.3 is 5.97 Å². The zero-order chi connectivity index (χ0) is 9.56. The van der Waals surface area contributed by atoms with Gasteiger partial charge in [0.05, 0.1) is 6.61 Å². The van der Waals surface area contributed by atoms with Gasteiger partial charge in [0.15, 0.2) is 0 Å². The fraction of sp³-hybridized carbons (Fsp3) is 0.889. The molecule has 0 N–H and O–H groups in total. The Labute approximate surface area is 74.0 Å². The molecule has 0 aromatic heterocycles. The van der Waals surface area contributed by atoms with E-state index in [1.165, 1.54) is 6.92 Å². The third-order valence-electron chi connectivity index (χ3n) is 1.25. The fourth-order valence-corrected chi connectivity index (χ4v) is 0.720. The van der Waals surface area contributed by atoms with Crippen LogP contribution in [0.25, 0.3) is 0 Å². The van der Waals surface area contributed by atoms with E-state index >= 15 is 0 Å². The number of carbonyl (C=O) groups is 1. The van der Waals surface area contributed by atoms with Crippen LogP contribution in [-0.4, -0.2) is 18.9 Å². The Kier molecular flexibility index (Phi) is 5.72. The monoisotopic (exact) mass is 174 g/mol. The van der Waals surface area contributed by atoms with Gasteiger partial charge in [-0.3, -0.25) is 4.79 Å². The van der Waals surface area contributed by atoms with Crippen LogP contribution in [0.4, 0.5) is 0 Å². The standard InChI is InChI=1S/C9H18O3/c1-5-9(12-8(4)10)11-6-7(2)3/h7,9H,5-6H2,1-4H3. The van der Waals surface area contributed by atoms with E-state index in [1.807, 2.05) is 6.92 Å². The molecule has 3 heteroatoms. The minimum absolute atomic E-state index is 0.286. The summed E-state index contributed by atoms with van der Waals surface area (Å²) in [5, 5.41) is 0. The van der Waals surface area contributed by atoms with Crippen LogP contribution in [0, 0.1) is 5.92 Å². The minimum atomic E-state index is -0.370. The van der Waals surface area contributed by atoms with Gasteiger partial charge in [-0.25, -0.2) is 0 Å². The summed E-state index contributed by atoms with van der Waals surface area (Å²) in [6.45, 7) is 8.06.